The largest absolute Gasteiger partial charge is 0.310 e. The molecule has 0 aromatic heterocycles. The van der Waals surface area contributed by atoms with Gasteiger partial charge in [-0.3, -0.25) is 0 Å². The molecule has 0 heterocycles. The monoisotopic (exact) mass is 281 g/mol. The van der Waals surface area contributed by atoms with Crippen LogP contribution in [0.4, 0.5) is 0 Å². The van der Waals surface area contributed by atoms with E-state index < -0.39 is 0 Å². The first-order valence-electron chi connectivity index (χ1n) is 7.97. The minimum Gasteiger partial charge on any atom is -0.310 e. The lowest BCUT2D eigenvalue weighted by Crippen LogP contribution is -2.25. The van der Waals surface area contributed by atoms with E-state index in [2.05, 4.69) is 75.5 Å². The zero-order valence-electron chi connectivity index (χ0n) is 13.7. The second-order valence-corrected chi connectivity index (χ2v) is 6.00. The average Bonchev–Trinajstić information content (AvgIpc) is 2.48. The molecule has 112 valence electrons. The zero-order chi connectivity index (χ0) is 15.2. The summed E-state index contributed by atoms with van der Waals surface area (Å²) in [6.07, 6.45) is 2.21. The van der Waals surface area contributed by atoms with Gasteiger partial charge in [-0.25, -0.2) is 0 Å². The number of hydrogen-bond acceptors (Lipinski definition) is 1. The van der Waals surface area contributed by atoms with E-state index in [0.717, 1.165) is 19.4 Å². The predicted molar refractivity (Wildman–Crippen MR) is 91.8 cm³/mol. The number of rotatable bonds is 6. The van der Waals surface area contributed by atoms with Gasteiger partial charge in [0.05, 0.1) is 0 Å². The predicted octanol–water partition coefficient (Wildman–Crippen LogP) is 4.90. The lowest BCUT2D eigenvalue weighted by atomic mass is 9.92. The Hall–Kier alpha value is -1.60. The lowest BCUT2D eigenvalue weighted by Gasteiger charge is -2.22. The summed E-state index contributed by atoms with van der Waals surface area (Å²) in [5, 5.41) is 3.73. The number of benzene rings is 2. The second-order valence-electron chi connectivity index (χ2n) is 6.00. The van der Waals surface area contributed by atoms with Crippen molar-refractivity contribution in [3.8, 4) is 0 Å². The lowest BCUT2D eigenvalue weighted by molar-refractivity contribution is 0.526. The van der Waals surface area contributed by atoms with Gasteiger partial charge in [0.25, 0.3) is 0 Å². The molecule has 21 heavy (non-hydrogen) atoms. The van der Waals surface area contributed by atoms with Crippen molar-refractivity contribution < 1.29 is 0 Å². The Labute approximate surface area is 129 Å². The van der Waals surface area contributed by atoms with Crippen LogP contribution in [0.3, 0.4) is 0 Å². The van der Waals surface area contributed by atoms with E-state index in [0.29, 0.717) is 6.04 Å². The zero-order valence-corrected chi connectivity index (χ0v) is 13.7. The molecule has 0 fully saturated rings. The van der Waals surface area contributed by atoms with Crippen LogP contribution in [0.2, 0.25) is 0 Å². The molecule has 1 N–H and O–H groups in total. The first-order valence-corrected chi connectivity index (χ1v) is 7.97. The van der Waals surface area contributed by atoms with Crippen molar-refractivity contribution in [1.29, 1.82) is 0 Å². The van der Waals surface area contributed by atoms with Gasteiger partial charge in [-0.1, -0.05) is 55.0 Å². The fourth-order valence-corrected chi connectivity index (χ4v) is 2.80. The van der Waals surface area contributed by atoms with Gasteiger partial charge < -0.3 is 5.32 Å². The van der Waals surface area contributed by atoms with Crippen LogP contribution in [0.5, 0.6) is 0 Å². The van der Waals surface area contributed by atoms with E-state index in [1.165, 1.54) is 27.8 Å². The highest BCUT2D eigenvalue weighted by Crippen LogP contribution is 2.24. The summed E-state index contributed by atoms with van der Waals surface area (Å²) < 4.78 is 0. The molecule has 2 aromatic carbocycles. The standard InChI is InChI=1S/C20H27N/c1-5-12-21-20(14-18-9-7-6-8-16(18)3)19-13-15(2)10-11-17(19)4/h6-11,13,20-21H,5,12,14H2,1-4H3. The molecule has 1 unspecified atom stereocenters. The molecule has 0 saturated carbocycles. The van der Waals surface area contributed by atoms with Crippen LogP contribution in [0.15, 0.2) is 42.5 Å². The topological polar surface area (TPSA) is 12.0 Å². The van der Waals surface area contributed by atoms with Crippen LogP contribution in [0.1, 0.15) is 47.2 Å². The van der Waals surface area contributed by atoms with Crippen molar-refractivity contribution in [2.75, 3.05) is 6.54 Å². The van der Waals surface area contributed by atoms with E-state index in [4.69, 9.17) is 0 Å². The Morgan fingerprint density at radius 3 is 2.43 bits per heavy atom. The van der Waals surface area contributed by atoms with Gasteiger partial charge in [0.2, 0.25) is 0 Å². The van der Waals surface area contributed by atoms with E-state index in [1.54, 1.807) is 0 Å². The van der Waals surface area contributed by atoms with Gasteiger partial charge in [0.15, 0.2) is 0 Å². The highest BCUT2D eigenvalue weighted by molar-refractivity contribution is 5.35. The molecule has 0 radical (unpaired) electrons. The van der Waals surface area contributed by atoms with Gasteiger partial charge in [-0.2, -0.15) is 0 Å². The van der Waals surface area contributed by atoms with Crippen LogP contribution >= 0.6 is 0 Å². The maximum atomic E-state index is 3.73. The SMILES string of the molecule is CCCNC(Cc1ccccc1C)c1cc(C)ccc1C. The molecule has 0 amide bonds. The molecular formula is C20H27N. The summed E-state index contributed by atoms with van der Waals surface area (Å²) >= 11 is 0. The maximum Gasteiger partial charge on any atom is 0.0363 e. The Morgan fingerprint density at radius 1 is 0.952 bits per heavy atom. The van der Waals surface area contributed by atoms with Gasteiger partial charge >= 0.3 is 0 Å². The highest BCUT2D eigenvalue weighted by Gasteiger charge is 2.15. The van der Waals surface area contributed by atoms with Crippen LogP contribution in [-0.2, 0) is 6.42 Å². The molecule has 1 heteroatoms. The van der Waals surface area contributed by atoms with E-state index in [1.807, 2.05) is 0 Å². The smallest absolute Gasteiger partial charge is 0.0363 e. The van der Waals surface area contributed by atoms with Crippen LogP contribution < -0.4 is 5.32 Å². The third kappa shape index (κ3) is 4.18. The third-order valence-corrected chi connectivity index (χ3v) is 4.14. The minimum atomic E-state index is 0.394. The molecule has 1 nitrogen and oxygen atoms in total. The Kier molecular flexibility index (Phi) is 5.58. The summed E-state index contributed by atoms with van der Waals surface area (Å²) in [5.41, 5.74) is 6.97. The Bertz CT molecular complexity index is 586. The normalized spacial score (nSPS) is 12.4. The molecule has 0 saturated heterocycles. The molecular weight excluding hydrogens is 254 g/mol. The Morgan fingerprint density at radius 2 is 1.71 bits per heavy atom. The van der Waals surface area contributed by atoms with Gasteiger partial charge in [0, 0.05) is 6.04 Å². The summed E-state index contributed by atoms with van der Waals surface area (Å²) in [6, 6.07) is 15.9. The number of nitrogens with one attached hydrogen (secondary N) is 1. The molecule has 0 spiro atoms. The summed E-state index contributed by atoms with van der Waals surface area (Å²) in [6.45, 7) is 9.88. The van der Waals surface area contributed by atoms with Gasteiger partial charge in [-0.15, -0.1) is 0 Å². The fourth-order valence-electron chi connectivity index (χ4n) is 2.80. The fraction of sp³-hybridized carbons (Fsp3) is 0.400. The van der Waals surface area contributed by atoms with Crippen molar-refractivity contribution in [3.63, 3.8) is 0 Å². The van der Waals surface area contributed by atoms with Crippen LogP contribution in [0, 0.1) is 20.8 Å². The van der Waals surface area contributed by atoms with Gasteiger partial charge in [0.1, 0.15) is 0 Å². The molecule has 0 aliphatic rings. The number of aryl methyl sites for hydroxylation is 3. The van der Waals surface area contributed by atoms with E-state index >= 15 is 0 Å². The van der Waals surface area contributed by atoms with Crippen molar-refractivity contribution in [1.82, 2.24) is 5.32 Å². The summed E-state index contributed by atoms with van der Waals surface area (Å²) in [4.78, 5) is 0. The summed E-state index contributed by atoms with van der Waals surface area (Å²) in [5.74, 6) is 0. The average molecular weight is 281 g/mol. The minimum absolute atomic E-state index is 0.394. The summed E-state index contributed by atoms with van der Waals surface area (Å²) in [7, 11) is 0. The van der Waals surface area contributed by atoms with Crippen molar-refractivity contribution >= 4 is 0 Å². The molecule has 0 aliphatic heterocycles. The molecule has 0 aliphatic carbocycles. The molecule has 2 rings (SSSR count). The van der Waals surface area contributed by atoms with Gasteiger partial charge in [-0.05, 0) is 62.4 Å². The van der Waals surface area contributed by atoms with Crippen molar-refractivity contribution in [2.24, 2.45) is 0 Å². The molecule has 0 bridgehead atoms. The van der Waals surface area contributed by atoms with E-state index in [9.17, 15) is 0 Å². The first-order chi connectivity index (χ1) is 10.1. The van der Waals surface area contributed by atoms with Crippen LogP contribution in [-0.4, -0.2) is 6.54 Å². The quantitative estimate of drug-likeness (QED) is 0.794. The maximum absolute atomic E-state index is 3.73. The molecule has 2 aromatic rings. The number of hydrogen-bond donors (Lipinski definition) is 1. The molecule has 1 atom stereocenters. The first kappa shape index (κ1) is 15.8. The highest BCUT2D eigenvalue weighted by atomic mass is 14.9. The third-order valence-electron chi connectivity index (χ3n) is 4.14. The van der Waals surface area contributed by atoms with Crippen molar-refractivity contribution in [2.45, 2.75) is 46.6 Å². The second kappa shape index (κ2) is 7.42. The Balaban J connectivity index is 2.30. The van der Waals surface area contributed by atoms with Crippen molar-refractivity contribution in [3.05, 3.63) is 70.3 Å². The van der Waals surface area contributed by atoms with Crippen LogP contribution in [0.25, 0.3) is 0 Å². The van der Waals surface area contributed by atoms with E-state index in [-0.39, 0.29) is 0 Å².